The van der Waals surface area contributed by atoms with Crippen LogP contribution in [0.15, 0.2) is 51.8 Å². The molecule has 1 aromatic heterocycles. The monoisotopic (exact) mass is 376 g/mol. The first-order chi connectivity index (χ1) is 11.8. The van der Waals surface area contributed by atoms with Gasteiger partial charge in [0, 0.05) is 7.05 Å². The fourth-order valence-corrected chi connectivity index (χ4v) is 4.62. The van der Waals surface area contributed by atoms with E-state index in [1.807, 2.05) is 6.92 Å². The highest BCUT2D eigenvalue weighted by Crippen LogP contribution is 2.20. The molecule has 0 aliphatic carbocycles. The van der Waals surface area contributed by atoms with Gasteiger partial charge in [0.2, 0.25) is 4.80 Å². The average Bonchev–Trinajstić information content (AvgIpc) is 2.89. The molecule has 0 saturated carbocycles. The molecular formula is C17H16N2O4S2. The molecule has 0 aliphatic heterocycles. The van der Waals surface area contributed by atoms with Crippen LogP contribution in [-0.4, -0.2) is 26.1 Å². The number of thiazole rings is 1. The van der Waals surface area contributed by atoms with Crippen molar-refractivity contribution in [2.45, 2.75) is 11.8 Å². The lowest BCUT2D eigenvalue weighted by atomic mass is 10.2. The predicted molar refractivity (Wildman–Crippen MR) is 96.1 cm³/mol. The third-order valence-corrected chi connectivity index (χ3v) is 6.24. The molecule has 0 N–H and O–H groups in total. The fourth-order valence-electron chi connectivity index (χ4n) is 2.33. The van der Waals surface area contributed by atoms with Crippen molar-refractivity contribution in [1.82, 2.24) is 4.57 Å². The maximum Gasteiger partial charge on any atom is 0.337 e. The zero-order valence-electron chi connectivity index (χ0n) is 13.9. The largest absolute Gasteiger partial charge is 0.465 e. The normalized spacial score (nSPS) is 12.5. The quantitative estimate of drug-likeness (QED) is 0.659. The fraction of sp³-hybridized carbons (Fsp3) is 0.176. The summed E-state index contributed by atoms with van der Waals surface area (Å²) >= 11 is 1.20. The van der Waals surface area contributed by atoms with E-state index in [1.165, 1.54) is 30.6 Å². The molecule has 0 bridgehead atoms. The van der Waals surface area contributed by atoms with E-state index in [1.54, 1.807) is 41.9 Å². The van der Waals surface area contributed by atoms with Gasteiger partial charge in [-0.15, -0.1) is 4.40 Å². The van der Waals surface area contributed by atoms with Crippen molar-refractivity contribution < 1.29 is 17.9 Å². The summed E-state index contributed by atoms with van der Waals surface area (Å²) in [6.45, 7) is 1.89. The standard InChI is InChI=1S/C17H16N2O4S2/c1-11-4-7-13(8-5-11)25(21,22)18-17-19(2)14-9-6-12(16(20)23-3)10-15(14)24-17/h4-10H,1-3H3/b18-17-. The molecule has 1 heterocycles. The topological polar surface area (TPSA) is 77.7 Å². The second-order valence-electron chi connectivity index (χ2n) is 5.50. The Morgan fingerprint density at radius 3 is 2.48 bits per heavy atom. The Kier molecular flexibility index (Phi) is 4.49. The van der Waals surface area contributed by atoms with Gasteiger partial charge in [-0.3, -0.25) is 0 Å². The van der Waals surface area contributed by atoms with Crippen LogP contribution in [0.25, 0.3) is 10.2 Å². The number of esters is 1. The van der Waals surface area contributed by atoms with Crippen LogP contribution in [0.4, 0.5) is 0 Å². The lowest BCUT2D eigenvalue weighted by molar-refractivity contribution is 0.0601. The summed E-state index contributed by atoms with van der Waals surface area (Å²) in [5, 5.41) is 0. The highest BCUT2D eigenvalue weighted by molar-refractivity contribution is 7.90. The molecule has 0 spiro atoms. The van der Waals surface area contributed by atoms with E-state index < -0.39 is 16.0 Å². The molecule has 0 unspecified atom stereocenters. The van der Waals surface area contributed by atoms with Crippen LogP contribution in [0.2, 0.25) is 0 Å². The summed E-state index contributed by atoms with van der Waals surface area (Å²) in [6.07, 6.45) is 0. The summed E-state index contributed by atoms with van der Waals surface area (Å²) in [5.41, 5.74) is 2.17. The van der Waals surface area contributed by atoms with E-state index in [0.717, 1.165) is 15.8 Å². The smallest absolute Gasteiger partial charge is 0.337 e. The Balaban J connectivity index is 2.14. The van der Waals surface area contributed by atoms with Crippen molar-refractivity contribution in [3.8, 4) is 0 Å². The molecule has 0 radical (unpaired) electrons. The number of nitrogens with zero attached hydrogens (tertiary/aromatic N) is 2. The predicted octanol–water partition coefficient (Wildman–Crippen LogP) is 2.62. The van der Waals surface area contributed by atoms with Crippen molar-refractivity contribution >= 4 is 37.5 Å². The lowest BCUT2D eigenvalue weighted by Gasteiger charge is -2.00. The third kappa shape index (κ3) is 3.35. The second kappa shape index (κ2) is 6.45. The Bertz CT molecular complexity index is 1120. The highest BCUT2D eigenvalue weighted by atomic mass is 32.2. The van der Waals surface area contributed by atoms with Gasteiger partial charge in [0.15, 0.2) is 0 Å². The molecule has 0 saturated heterocycles. The number of aromatic nitrogens is 1. The number of aryl methyl sites for hydroxylation is 2. The molecule has 0 fully saturated rings. The number of carbonyl (C=O) groups is 1. The SMILES string of the molecule is COC(=O)c1ccc2c(c1)s/c(=N\S(=O)(=O)c1ccc(C)cc1)n2C. The van der Waals surface area contributed by atoms with Gasteiger partial charge in [0.25, 0.3) is 10.0 Å². The van der Waals surface area contributed by atoms with Gasteiger partial charge in [-0.05, 0) is 37.3 Å². The van der Waals surface area contributed by atoms with Crippen molar-refractivity contribution in [3.05, 3.63) is 58.4 Å². The molecule has 0 amide bonds. The Morgan fingerprint density at radius 2 is 1.84 bits per heavy atom. The molecule has 8 heteroatoms. The first-order valence-electron chi connectivity index (χ1n) is 7.37. The van der Waals surface area contributed by atoms with E-state index in [2.05, 4.69) is 4.40 Å². The molecule has 0 aliphatic rings. The molecule has 25 heavy (non-hydrogen) atoms. The molecule has 2 aromatic carbocycles. The molecular weight excluding hydrogens is 360 g/mol. The van der Waals surface area contributed by atoms with E-state index in [9.17, 15) is 13.2 Å². The summed E-state index contributed by atoms with van der Waals surface area (Å²) in [7, 11) is -0.757. The minimum atomic E-state index is -3.81. The van der Waals surface area contributed by atoms with Crippen LogP contribution in [0.3, 0.4) is 0 Å². The lowest BCUT2D eigenvalue weighted by Crippen LogP contribution is -2.13. The van der Waals surface area contributed by atoms with Gasteiger partial charge in [0.05, 0.1) is 27.8 Å². The maximum atomic E-state index is 12.5. The summed E-state index contributed by atoms with van der Waals surface area (Å²) in [5.74, 6) is -0.441. The Hall–Kier alpha value is -2.45. The third-order valence-electron chi connectivity index (χ3n) is 3.75. The number of benzene rings is 2. The first kappa shape index (κ1) is 17.4. The number of carbonyl (C=O) groups excluding carboxylic acids is 1. The number of fused-ring (bicyclic) bond motifs is 1. The number of methoxy groups -OCH3 is 1. The van der Waals surface area contributed by atoms with Crippen LogP contribution < -0.4 is 4.80 Å². The Morgan fingerprint density at radius 1 is 1.16 bits per heavy atom. The van der Waals surface area contributed by atoms with Gasteiger partial charge in [-0.1, -0.05) is 29.0 Å². The minimum Gasteiger partial charge on any atom is -0.465 e. The van der Waals surface area contributed by atoms with Gasteiger partial charge in [0.1, 0.15) is 0 Å². The minimum absolute atomic E-state index is 0.144. The molecule has 3 aromatic rings. The zero-order valence-corrected chi connectivity index (χ0v) is 15.5. The van der Waals surface area contributed by atoms with E-state index in [4.69, 9.17) is 4.74 Å². The summed E-state index contributed by atoms with van der Waals surface area (Å²) < 4.78 is 36.1. The zero-order chi connectivity index (χ0) is 18.2. The molecule has 6 nitrogen and oxygen atoms in total. The van der Waals surface area contributed by atoms with E-state index in [-0.39, 0.29) is 4.90 Å². The van der Waals surface area contributed by atoms with Crippen LogP contribution in [0, 0.1) is 6.92 Å². The maximum absolute atomic E-state index is 12.5. The second-order valence-corrected chi connectivity index (χ2v) is 8.11. The number of sulfonamides is 1. The summed E-state index contributed by atoms with van der Waals surface area (Å²) in [6, 6.07) is 11.6. The van der Waals surface area contributed by atoms with Gasteiger partial charge in [-0.2, -0.15) is 8.42 Å². The average molecular weight is 376 g/mol. The molecule has 3 rings (SSSR count). The van der Waals surface area contributed by atoms with Crippen LogP contribution in [0.1, 0.15) is 15.9 Å². The van der Waals surface area contributed by atoms with Crippen LogP contribution >= 0.6 is 11.3 Å². The van der Waals surface area contributed by atoms with Crippen LogP contribution in [0.5, 0.6) is 0 Å². The van der Waals surface area contributed by atoms with Gasteiger partial charge >= 0.3 is 5.97 Å². The first-order valence-corrected chi connectivity index (χ1v) is 9.63. The number of hydrogen-bond donors (Lipinski definition) is 0. The number of rotatable bonds is 3. The Labute approximate surface area is 149 Å². The highest BCUT2D eigenvalue weighted by Gasteiger charge is 2.14. The van der Waals surface area contributed by atoms with E-state index in [0.29, 0.717) is 10.4 Å². The van der Waals surface area contributed by atoms with Crippen molar-refractivity contribution in [2.75, 3.05) is 7.11 Å². The van der Waals surface area contributed by atoms with Gasteiger partial charge in [-0.25, -0.2) is 4.79 Å². The van der Waals surface area contributed by atoms with Crippen LogP contribution in [-0.2, 0) is 21.8 Å². The van der Waals surface area contributed by atoms with Gasteiger partial charge < -0.3 is 9.30 Å². The number of hydrogen-bond acceptors (Lipinski definition) is 5. The molecule has 130 valence electrons. The van der Waals surface area contributed by atoms with Crippen molar-refractivity contribution in [1.29, 1.82) is 0 Å². The molecule has 0 atom stereocenters. The summed E-state index contributed by atoms with van der Waals surface area (Å²) in [4.78, 5) is 12.1. The van der Waals surface area contributed by atoms with E-state index >= 15 is 0 Å². The number of ether oxygens (including phenoxy) is 1. The van der Waals surface area contributed by atoms with Crippen molar-refractivity contribution in [2.24, 2.45) is 11.4 Å². The van der Waals surface area contributed by atoms with Crippen molar-refractivity contribution in [3.63, 3.8) is 0 Å².